The van der Waals surface area contributed by atoms with Gasteiger partial charge in [0.2, 0.25) is 0 Å². The van der Waals surface area contributed by atoms with Gasteiger partial charge in [-0.1, -0.05) is 65.2 Å². The average molecular weight is 643 g/mol. The molecule has 3 N–H and O–H groups in total. The molecule has 0 radical (unpaired) electrons. The lowest BCUT2D eigenvalue weighted by atomic mass is 9.84. The van der Waals surface area contributed by atoms with E-state index in [0.717, 1.165) is 97.8 Å². The van der Waals surface area contributed by atoms with Crippen molar-refractivity contribution in [1.29, 1.82) is 0 Å². The smallest absolute Gasteiger partial charge is 0.137 e. The van der Waals surface area contributed by atoms with Crippen LogP contribution < -0.4 is 0 Å². The quantitative estimate of drug-likeness (QED) is 0.173. The summed E-state index contributed by atoms with van der Waals surface area (Å²) < 4.78 is 6.47. The highest BCUT2D eigenvalue weighted by Crippen LogP contribution is 2.52. The third-order valence-electron chi connectivity index (χ3n) is 8.66. The fourth-order valence-electron chi connectivity index (χ4n) is 6.60. The molecule has 10 rings (SSSR count). The molecule has 47 heavy (non-hydrogen) atoms. The number of para-hydroxylation sites is 3. The molecule has 0 aliphatic carbocycles. The maximum atomic E-state index is 5.27. The van der Waals surface area contributed by atoms with E-state index >= 15 is 0 Å². The van der Waals surface area contributed by atoms with E-state index in [4.69, 9.17) is 15.1 Å². The molecule has 0 fully saturated rings. The zero-order chi connectivity index (χ0) is 30.9. The lowest BCUT2D eigenvalue weighted by Crippen LogP contribution is -1.99. The Morgan fingerprint density at radius 3 is 2.43 bits per heavy atom. The molecule has 222 valence electrons. The van der Waals surface area contributed by atoms with Crippen LogP contribution in [0.4, 0.5) is 0 Å². The number of rotatable bonds is 5. The molecular weight excluding hydrogens is 621 g/mol. The van der Waals surface area contributed by atoms with Crippen LogP contribution in [-0.2, 0) is 0 Å². The van der Waals surface area contributed by atoms with Crippen molar-refractivity contribution in [3.8, 4) is 55.6 Å². The Labute approximate surface area is 275 Å². The Morgan fingerprint density at radius 2 is 1.53 bits per heavy atom. The Balaban J connectivity index is 1.45. The number of fused-ring (bicyclic) bond motifs is 4. The molecule has 5 aromatic heterocycles. The Kier molecular flexibility index (Phi) is 5.74. The van der Waals surface area contributed by atoms with Crippen molar-refractivity contribution in [1.82, 2.24) is 39.7 Å². The van der Waals surface area contributed by atoms with Crippen molar-refractivity contribution in [2.24, 2.45) is 0 Å². The molecule has 5 heterocycles. The Morgan fingerprint density at radius 1 is 0.681 bits per heavy atom. The summed E-state index contributed by atoms with van der Waals surface area (Å²) in [6, 6.07) is 35.6. The van der Waals surface area contributed by atoms with Crippen LogP contribution in [0.25, 0.3) is 97.8 Å². The van der Waals surface area contributed by atoms with Gasteiger partial charge in [0, 0.05) is 62.2 Å². The number of nitrogens with one attached hydrogen (secondary N) is 3. The van der Waals surface area contributed by atoms with Crippen LogP contribution in [0.5, 0.6) is 0 Å². The first-order valence-corrected chi connectivity index (χ1v) is 16.7. The van der Waals surface area contributed by atoms with Crippen molar-refractivity contribution in [3.05, 3.63) is 116 Å². The molecule has 0 bridgehead atoms. The Bertz CT molecular complexity index is 2700. The van der Waals surface area contributed by atoms with Gasteiger partial charge in [-0.05, 0) is 59.6 Å². The maximum absolute atomic E-state index is 5.27. The number of hydrogen-bond acceptors (Lipinski definition) is 7. The van der Waals surface area contributed by atoms with Gasteiger partial charge in [0.1, 0.15) is 22.0 Å². The predicted octanol–water partition coefficient (Wildman–Crippen LogP) is 9.72. The topological polar surface area (TPSA) is 112 Å². The molecule has 0 atom stereocenters. The van der Waals surface area contributed by atoms with Gasteiger partial charge in [-0.15, -0.1) is 16.4 Å². The van der Waals surface area contributed by atoms with Gasteiger partial charge in [0.05, 0.1) is 20.4 Å². The molecule has 10 heteroatoms. The standard InChI is InChI=1S/C37H22N8S2/c1-3-11-25-20(8-1)18-28(40-25)31-24(36-38-16-17-39-36)19-23(21-10-7-15-30-34(21)44-45-47-30)32(37-41-27-13-5-6-14-29(27)46-37)33(31)35-22-9-2-4-12-26(22)42-43-35/h1-19,40H,(H,38,39)(H,42,43). The Hall–Kier alpha value is -5.97. The molecule has 0 aliphatic rings. The van der Waals surface area contributed by atoms with E-state index in [2.05, 4.69) is 116 Å². The second kappa shape index (κ2) is 10.3. The van der Waals surface area contributed by atoms with E-state index in [9.17, 15) is 0 Å². The molecule has 8 nitrogen and oxygen atoms in total. The van der Waals surface area contributed by atoms with Gasteiger partial charge in [0.15, 0.2) is 0 Å². The van der Waals surface area contributed by atoms with Crippen LogP contribution in [0, 0.1) is 0 Å². The van der Waals surface area contributed by atoms with Crippen molar-refractivity contribution in [2.45, 2.75) is 0 Å². The van der Waals surface area contributed by atoms with Crippen LogP contribution in [0.2, 0.25) is 0 Å². The maximum Gasteiger partial charge on any atom is 0.137 e. The SMILES string of the molecule is c1ccc2[nH]c(-c3c(-c4ncc[nH]4)cc(-c4cccc5snnc45)c(-c4nc5ccccc5s4)c3-c3n[nH]c4ccccc34)cc2c1. The van der Waals surface area contributed by atoms with E-state index < -0.39 is 0 Å². The number of imidazole rings is 1. The van der Waals surface area contributed by atoms with Crippen molar-refractivity contribution >= 4 is 65.1 Å². The minimum Gasteiger partial charge on any atom is -0.354 e. The highest BCUT2D eigenvalue weighted by molar-refractivity contribution is 7.21. The van der Waals surface area contributed by atoms with Crippen LogP contribution in [-0.4, -0.2) is 39.7 Å². The normalized spacial score (nSPS) is 11.8. The van der Waals surface area contributed by atoms with Crippen molar-refractivity contribution < 1.29 is 0 Å². The van der Waals surface area contributed by atoms with E-state index in [0.29, 0.717) is 0 Å². The van der Waals surface area contributed by atoms with E-state index in [1.54, 1.807) is 17.5 Å². The third kappa shape index (κ3) is 4.09. The lowest BCUT2D eigenvalue weighted by Gasteiger charge is -2.20. The largest absolute Gasteiger partial charge is 0.354 e. The highest BCUT2D eigenvalue weighted by Gasteiger charge is 2.30. The van der Waals surface area contributed by atoms with Crippen LogP contribution >= 0.6 is 22.9 Å². The first-order valence-electron chi connectivity index (χ1n) is 15.1. The number of aromatic nitrogens is 8. The monoisotopic (exact) mass is 642 g/mol. The summed E-state index contributed by atoms with van der Waals surface area (Å²) in [7, 11) is 0. The number of H-pyrrole nitrogens is 3. The van der Waals surface area contributed by atoms with Crippen molar-refractivity contribution in [2.75, 3.05) is 0 Å². The summed E-state index contributed by atoms with van der Waals surface area (Å²) in [5, 5.41) is 16.0. The summed E-state index contributed by atoms with van der Waals surface area (Å²) in [6.45, 7) is 0. The summed E-state index contributed by atoms with van der Waals surface area (Å²) in [5.41, 5.74) is 11.4. The molecule has 0 spiro atoms. The second-order valence-corrected chi connectivity index (χ2v) is 13.2. The first kappa shape index (κ1) is 26.3. The van der Waals surface area contributed by atoms with E-state index in [1.165, 1.54) is 11.5 Å². The van der Waals surface area contributed by atoms with Crippen molar-refractivity contribution in [3.63, 3.8) is 0 Å². The van der Waals surface area contributed by atoms with Gasteiger partial charge in [-0.3, -0.25) is 5.10 Å². The minimum atomic E-state index is 0.750. The van der Waals surface area contributed by atoms with Crippen LogP contribution in [0.15, 0.2) is 116 Å². The van der Waals surface area contributed by atoms with Gasteiger partial charge in [0.25, 0.3) is 0 Å². The fraction of sp³-hybridized carbons (Fsp3) is 0. The first-order chi connectivity index (χ1) is 23.3. The molecule has 5 aromatic carbocycles. The van der Waals surface area contributed by atoms with E-state index in [-0.39, 0.29) is 0 Å². The molecule has 0 amide bonds. The number of hydrogen-bond donors (Lipinski definition) is 3. The molecule has 0 saturated heterocycles. The van der Waals surface area contributed by atoms with Crippen LogP contribution in [0.3, 0.4) is 0 Å². The highest BCUT2D eigenvalue weighted by atomic mass is 32.1. The van der Waals surface area contributed by atoms with E-state index in [1.807, 2.05) is 18.3 Å². The minimum absolute atomic E-state index is 0.750. The zero-order valence-corrected chi connectivity index (χ0v) is 26.2. The number of benzene rings is 5. The summed E-state index contributed by atoms with van der Waals surface area (Å²) >= 11 is 3.07. The molecular formula is C37H22N8S2. The average Bonchev–Trinajstić information content (AvgIpc) is 3.96. The summed E-state index contributed by atoms with van der Waals surface area (Å²) in [6.07, 6.45) is 3.65. The van der Waals surface area contributed by atoms with Gasteiger partial charge in [-0.25, -0.2) is 9.97 Å². The second-order valence-electron chi connectivity index (χ2n) is 11.3. The van der Waals surface area contributed by atoms with Gasteiger partial charge in [-0.2, -0.15) is 5.10 Å². The number of nitrogens with zero attached hydrogens (tertiary/aromatic N) is 5. The number of aromatic amines is 3. The fourth-order valence-corrected chi connectivity index (χ4v) is 8.21. The zero-order valence-electron chi connectivity index (χ0n) is 24.5. The molecule has 0 unspecified atom stereocenters. The molecule has 0 aliphatic heterocycles. The molecule has 0 saturated carbocycles. The number of thiazole rings is 1. The summed E-state index contributed by atoms with van der Waals surface area (Å²) in [4.78, 5) is 17.2. The summed E-state index contributed by atoms with van der Waals surface area (Å²) in [5.74, 6) is 0.750. The molecule has 10 aromatic rings. The van der Waals surface area contributed by atoms with Gasteiger partial charge < -0.3 is 9.97 Å². The lowest BCUT2D eigenvalue weighted by molar-refractivity contribution is 1.12. The predicted molar refractivity (Wildman–Crippen MR) is 191 cm³/mol. The van der Waals surface area contributed by atoms with Crippen LogP contribution in [0.1, 0.15) is 0 Å². The third-order valence-corrected chi connectivity index (χ3v) is 10.4. The van der Waals surface area contributed by atoms with Gasteiger partial charge >= 0.3 is 0 Å².